The monoisotopic (exact) mass is 468 g/mol. The van der Waals surface area contributed by atoms with Gasteiger partial charge in [0.25, 0.3) is 11.8 Å². The number of nitrogens with one attached hydrogen (secondary N) is 1. The highest BCUT2D eigenvalue weighted by molar-refractivity contribution is 6.36. The van der Waals surface area contributed by atoms with Crippen LogP contribution in [0, 0.1) is 13.8 Å². The van der Waals surface area contributed by atoms with E-state index in [0.717, 1.165) is 27.9 Å². The summed E-state index contributed by atoms with van der Waals surface area (Å²) in [4.78, 5) is 28.7. The van der Waals surface area contributed by atoms with Crippen LogP contribution >= 0.6 is 0 Å². The van der Waals surface area contributed by atoms with Gasteiger partial charge < -0.3 is 10.1 Å². The maximum Gasteiger partial charge on any atom is 0.278 e. The van der Waals surface area contributed by atoms with Crippen molar-refractivity contribution in [3.63, 3.8) is 0 Å². The van der Waals surface area contributed by atoms with E-state index in [1.807, 2.05) is 80.6 Å². The minimum Gasteiger partial charge on any atom is -0.496 e. The van der Waals surface area contributed by atoms with Gasteiger partial charge in [-0.25, -0.2) is 0 Å². The number of para-hydroxylation sites is 1. The lowest BCUT2D eigenvalue weighted by Gasteiger charge is -2.19. The van der Waals surface area contributed by atoms with E-state index in [9.17, 15) is 9.59 Å². The SMILES string of the molecule is COc1ccccc1CN1C(=O)C(Nc2ccc(C(C)(C)C)cc2)=C(c2ccc(C)cc2C)C1=O. The molecule has 0 bridgehead atoms. The number of hydrogen-bond donors (Lipinski definition) is 1. The molecule has 0 spiro atoms. The number of carbonyl (C=O) groups is 2. The quantitative estimate of drug-likeness (QED) is 0.451. The molecule has 1 N–H and O–H groups in total. The Kier molecular flexibility index (Phi) is 6.53. The molecule has 0 saturated heterocycles. The van der Waals surface area contributed by atoms with E-state index in [2.05, 4.69) is 26.1 Å². The van der Waals surface area contributed by atoms with Crippen LogP contribution in [-0.4, -0.2) is 23.8 Å². The number of aryl methyl sites for hydroxylation is 2. The molecule has 0 unspecified atom stereocenters. The summed E-state index contributed by atoms with van der Waals surface area (Å²) in [6.07, 6.45) is 0. The minimum atomic E-state index is -0.351. The summed E-state index contributed by atoms with van der Waals surface area (Å²) >= 11 is 0. The van der Waals surface area contributed by atoms with Crippen LogP contribution in [0.3, 0.4) is 0 Å². The summed E-state index contributed by atoms with van der Waals surface area (Å²) in [6, 6.07) is 21.3. The summed E-state index contributed by atoms with van der Waals surface area (Å²) in [5, 5.41) is 3.27. The Bertz CT molecular complexity index is 1310. The summed E-state index contributed by atoms with van der Waals surface area (Å²) in [5.74, 6) is -0.0298. The lowest BCUT2D eigenvalue weighted by Crippen LogP contribution is -2.32. The molecule has 1 heterocycles. The molecule has 1 aliphatic rings. The van der Waals surface area contributed by atoms with Crippen LogP contribution in [0.15, 0.2) is 72.4 Å². The van der Waals surface area contributed by atoms with E-state index in [1.54, 1.807) is 7.11 Å². The van der Waals surface area contributed by atoms with E-state index in [0.29, 0.717) is 17.0 Å². The fourth-order valence-electron chi connectivity index (χ4n) is 4.38. The van der Waals surface area contributed by atoms with Crippen molar-refractivity contribution in [2.24, 2.45) is 0 Å². The zero-order valence-corrected chi connectivity index (χ0v) is 21.2. The van der Waals surface area contributed by atoms with Crippen LogP contribution in [0.25, 0.3) is 5.57 Å². The van der Waals surface area contributed by atoms with Gasteiger partial charge in [-0.05, 0) is 54.2 Å². The second-order valence-corrected chi connectivity index (χ2v) is 10.0. The lowest BCUT2D eigenvalue weighted by molar-refractivity contribution is -0.137. The molecule has 0 radical (unpaired) electrons. The van der Waals surface area contributed by atoms with Gasteiger partial charge in [-0.3, -0.25) is 14.5 Å². The topological polar surface area (TPSA) is 58.6 Å². The predicted octanol–water partition coefficient (Wildman–Crippen LogP) is 6.00. The van der Waals surface area contributed by atoms with Crippen molar-refractivity contribution in [1.29, 1.82) is 0 Å². The highest BCUT2D eigenvalue weighted by atomic mass is 16.5. The Morgan fingerprint density at radius 2 is 1.57 bits per heavy atom. The maximum absolute atomic E-state index is 13.7. The van der Waals surface area contributed by atoms with Gasteiger partial charge in [0.05, 0.1) is 19.2 Å². The number of carbonyl (C=O) groups excluding carboxylic acids is 2. The van der Waals surface area contributed by atoms with Gasteiger partial charge in [0.15, 0.2) is 0 Å². The van der Waals surface area contributed by atoms with E-state index in [1.165, 1.54) is 10.5 Å². The molecular weight excluding hydrogens is 436 g/mol. The maximum atomic E-state index is 13.7. The van der Waals surface area contributed by atoms with Gasteiger partial charge in [0, 0.05) is 11.3 Å². The van der Waals surface area contributed by atoms with Gasteiger partial charge in [-0.2, -0.15) is 0 Å². The number of methoxy groups -OCH3 is 1. The number of nitrogens with zero attached hydrogens (tertiary/aromatic N) is 1. The minimum absolute atomic E-state index is 0.0205. The average molecular weight is 469 g/mol. The van der Waals surface area contributed by atoms with Crippen LogP contribution in [0.4, 0.5) is 5.69 Å². The van der Waals surface area contributed by atoms with Gasteiger partial charge in [0.1, 0.15) is 11.4 Å². The third-order valence-electron chi connectivity index (χ3n) is 6.36. The Morgan fingerprint density at radius 3 is 2.20 bits per heavy atom. The fourth-order valence-corrected chi connectivity index (χ4v) is 4.38. The third kappa shape index (κ3) is 4.85. The van der Waals surface area contributed by atoms with Gasteiger partial charge in [-0.1, -0.05) is 74.9 Å². The molecule has 0 aliphatic carbocycles. The third-order valence-corrected chi connectivity index (χ3v) is 6.36. The molecule has 3 aromatic rings. The predicted molar refractivity (Wildman–Crippen MR) is 140 cm³/mol. The van der Waals surface area contributed by atoms with Crippen molar-refractivity contribution in [3.8, 4) is 5.75 Å². The number of hydrogen-bond acceptors (Lipinski definition) is 4. The average Bonchev–Trinajstić information content (AvgIpc) is 3.03. The van der Waals surface area contributed by atoms with Crippen LogP contribution < -0.4 is 10.1 Å². The molecule has 2 amide bonds. The summed E-state index contributed by atoms with van der Waals surface area (Å²) in [7, 11) is 1.58. The number of benzene rings is 3. The highest BCUT2D eigenvalue weighted by Crippen LogP contribution is 2.34. The first kappa shape index (κ1) is 24.3. The molecule has 0 atom stereocenters. The van der Waals surface area contributed by atoms with Gasteiger partial charge in [0.2, 0.25) is 0 Å². The molecule has 0 saturated carbocycles. The van der Waals surface area contributed by atoms with Crippen molar-refractivity contribution in [3.05, 3.63) is 100 Å². The van der Waals surface area contributed by atoms with Gasteiger partial charge >= 0.3 is 0 Å². The lowest BCUT2D eigenvalue weighted by atomic mass is 9.87. The molecule has 4 rings (SSSR count). The smallest absolute Gasteiger partial charge is 0.278 e. The number of ether oxygens (including phenoxy) is 1. The van der Waals surface area contributed by atoms with Crippen molar-refractivity contribution >= 4 is 23.1 Å². The molecule has 0 fully saturated rings. The summed E-state index contributed by atoms with van der Waals surface area (Å²) in [5.41, 5.74) is 6.23. The fraction of sp³-hybridized carbons (Fsp3) is 0.267. The summed E-state index contributed by atoms with van der Waals surface area (Å²) < 4.78 is 5.45. The first-order chi connectivity index (χ1) is 16.6. The van der Waals surface area contributed by atoms with Crippen LogP contribution in [0.1, 0.15) is 48.6 Å². The molecule has 5 heteroatoms. The Morgan fingerprint density at radius 1 is 0.886 bits per heavy atom. The number of rotatable bonds is 6. The van der Waals surface area contributed by atoms with Crippen LogP contribution in [-0.2, 0) is 21.5 Å². The molecule has 1 aliphatic heterocycles. The van der Waals surface area contributed by atoms with E-state index in [4.69, 9.17) is 4.74 Å². The largest absolute Gasteiger partial charge is 0.496 e. The Balaban J connectivity index is 1.76. The van der Waals surface area contributed by atoms with Crippen molar-refractivity contribution in [2.75, 3.05) is 12.4 Å². The van der Waals surface area contributed by atoms with Crippen LogP contribution in [0.5, 0.6) is 5.75 Å². The van der Waals surface area contributed by atoms with Crippen molar-refractivity contribution < 1.29 is 14.3 Å². The number of amides is 2. The zero-order chi connectivity index (χ0) is 25.3. The van der Waals surface area contributed by atoms with E-state index in [-0.39, 0.29) is 23.8 Å². The van der Waals surface area contributed by atoms with Crippen LogP contribution in [0.2, 0.25) is 0 Å². The van der Waals surface area contributed by atoms with Gasteiger partial charge in [-0.15, -0.1) is 0 Å². The first-order valence-electron chi connectivity index (χ1n) is 11.8. The molecule has 180 valence electrons. The molecular formula is C30H32N2O3. The standard InChI is InChI=1S/C30H32N2O3/c1-19-11-16-24(20(2)17-19)26-27(31-23-14-12-22(13-15-23)30(3,4)5)29(34)32(28(26)33)18-21-9-7-8-10-25(21)35-6/h7-17,31H,18H2,1-6H3. The van der Waals surface area contributed by atoms with Crippen molar-refractivity contribution in [2.45, 2.75) is 46.6 Å². The Hall–Kier alpha value is -3.86. The van der Waals surface area contributed by atoms with Crippen molar-refractivity contribution in [1.82, 2.24) is 4.90 Å². The molecule has 0 aromatic heterocycles. The second-order valence-electron chi connectivity index (χ2n) is 10.0. The Labute approximate surface area is 207 Å². The second kappa shape index (κ2) is 9.41. The molecule has 5 nitrogen and oxygen atoms in total. The molecule has 3 aromatic carbocycles. The normalized spacial score (nSPS) is 14.1. The summed E-state index contributed by atoms with van der Waals surface area (Å²) in [6.45, 7) is 10.6. The molecule has 35 heavy (non-hydrogen) atoms. The van der Waals surface area contributed by atoms with E-state index < -0.39 is 0 Å². The highest BCUT2D eigenvalue weighted by Gasteiger charge is 2.40. The number of imide groups is 1. The first-order valence-corrected chi connectivity index (χ1v) is 11.8. The zero-order valence-electron chi connectivity index (χ0n) is 21.2. The van der Waals surface area contributed by atoms with E-state index >= 15 is 0 Å². The number of anilines is 1.